The van der Waals surface area contributed by atoms with E-state index in [4.69, 9.17) is 9.84 Å². The minimum Gasteiger partial charge on any atom is -0.465 e. The first kappa shape index (κ1) is 18.5. The van der Waals surface area contributed by atoms with Gasteiger partial charge >= 0.3 is 12.2 Å². The van der Waals surface area contributed by atoms with E-state index < -0.39 is 6.09 Å². The zero-order chi connectivity index (χ0) is 19.1. The highest BCUT2D eigenvalue weighted by atomic mass is 16.6. The molecule has 0 aliphatic heterocycles. The lowest BCUT2D eigenvalue weighted by Crippen LogP contribution is -2.36. The molecule has 0 bridgehead atoms. The molecule has 2 saturated carbocycles. The largest absolute Gasteiger partial charge is 0.465 e. The number of carbonyl (C=O) groups is 2. The van der Waals surface area contributed by atoms with E-state index in [2.05, 4.69) is 15.7 Å². The number of carbonyl (C=O) groups excluding carboxylic acids is 1. The molecule has 1 heterocycles. The van der Waals surface area contributed by atoms with Crippen molar-refractivity contribution in [1.82, 2.24) is 15.1 Å². The number of anilines is 1. The average Bonchev–Trinajstić information content (AvgIpc) is 2.91. The number of carboxylic acid groups (broad SMARTS) is 1. The van der Waals surface area contributed by atoms with Gasteiger partial charge in [-0.3, -0.25) is 5.32 Å². The molecule has 0 radical (unpaired) electrons. The van der Waals surface area contributed by atoms with Crippen LogP contribution in [-0.4, -0.2) is 38.7 Å². The molecule has 144 valence electrons. The van der Waals surface area contributed by atoms with E-state index in [0.717, 1.165) is 31.4 Å². The Morgan fingerprint density at radius 3 is 2.62 bits per heavy atom. The van der Waals surface area contributed by atoms with Gasteiger partial charge in [0.25, 0.3) is 0 Å². The maximum Gasteiger partial charge on any atom is 0.410 e. The minimum absolute atomic E-state index is 0.0853. The molecule has 2 aliphatic rings. The first-order chi connectivity index (χ1) is 12.1. The smallest absolute Gasteiger partial charge is 0.410 e. The maximum atomic E-state index is 12.0. The molecule has 2 fully saturated rings. The number of aromatic nitrogens is 2. The number of alkyl carbamates (subject to hydrolysis) is 1. The van der Waals surface area contributed by atoms with Crippen molar-refractivity contribution in [2.75, 3.05) is 5.32 Å². The molecule has 2 atom stereocenters. The number of rotatable bonds is 4. The summed E-state index contributed by atoms with van der Waals surface area (Å²) in [7, 11) is 0. The van der Waals surface area contributed by atoms with E-state index in [1.165, 1.54) is 0 Å². The average molecular weight is 364 g/mol. The molecule has 3 N–H and O–H groups in total. The molecule has 2 amide bonds. The number of ether oxygens (including phenoxy) is 1. The molecule has 26 heavy (non-hydrogen) atoms. The summed E-state index contributed by atoms with van der Waals surface area (Å²) in [6, 6.07) is 1.79. The van der Waals surface area contributed by atoms with E-state index in [9.17, 15) is 9.59 Å². The second kappa shape index (κ2) is 6.48. The van der Waals surface area contributed by atoms with Gasteiger partial charge in [-0.2, -0.15) is 5.10 Å². The van der Waals surface area contributed by atoms with E-state index in [1.807, 2.05) is 27.7 Å². The quantitative estimate of drug-likeness (QED) is 0.756. The molecule has 0 aromatic carbocycles. The third-order valence-corrected chi connectivity index (χ3v) is 5.08. The second-order valence-electron chi connectivity index (χ2n) is 8.69. The molecule has 0 saturated heterocycles. The number of hydrogen-bond donors (Lipinski definition) is 3. The van der Waals surface area contributed by atoms with Crippen molar-refractivity contribution in [3.63, 3.8) is 0 Å². The molecular weight excluding hydrogens is 336 g/mol. The highest BCUT2D eigenvalue weighted by molar-refractivity contribution is 5.81. The minimum atomic E-state index is -1.11. The molecule has 1 aromatic rings. The van der Waals surface area contributed by atoms with Gasteiger partial charge in [-0.05, 0) is 59.8 Å². The zero-order valence-corrected chi connectivity index (χ0v) is 15.8. The fourth-order valence-electron chi connectivity index (χ4n) is 3.36. The third kappa shape index (κ3) is 4.28. The number of nitrogens with one attached hydrogen (secondary N) is 2. The topological polar surface area (TPSA) is 105 Å². The van der Waals surface area contributed by atoms with Crippen LogP contribution in [0.25, 0.3) is 0 Å². The summed E-state index contributed by atoms with van der Waals surface area (Å²) in [5.74, 6) is 0.617. The molecule has 8 heteroatoms. The summed E-state index contributed by atoms with van der Waals surface area (Å²) in [6.07, 6.45) is 2.78. The van der Waals surface area contributed by atoms with Crippen LogP contribution in [-0.2, 0) is 10.3 Å². The van der Waals surface area contributed by atoms with Crippen LogP contribution in [0.2, 0.25) is 0 Å². The Hall–Kier alpha value is -2.25. The molecular formula is C18H28N4O4. The lowest BCUT2D eigenvalue weighted by Gasteiger charge is -2.22. The monoisotopic (exact) mass is 364 g/mol. The summed E-state index contributed by atoms with van der Waals surface area (Å²) in [6.45, 7) is 7.93. The standard InChI is InChI=1S/C18H28N4O4/c1-17(2,3)22-14(19-15(23)24)10-13(21-22)11-5-6-12(9-11)26-16(25)20-18(4)7-8-18/h10-12,19H,5-9H2,1-4H3,(H,20,25)(H,23,24)/t11-,12+/m0/s1. The lowest BCUT2D eigenvalue weighted by molar-refractivity contribution is 0.0966. The lowest BCUT2D eigenvalue weighted by atomic mass is 10.0. The van der Waals surface area contributed by atoms with Crippen LogP contribution in [0.4, 0.5) is 15.4 Å². The van der Waals surface area contributed by atoms with Crippen LogP contribution in [0, 0.1) is 0 Å². The predicted octanol–water partition coefficient (Wildman–Crippen LogP) is 3.64. The number of hydrogen-bond acceptors (Lipinski definition) is 4. The van der Waals surface area contributed by atoms with Crippen molar-refractivity contribution in [2.45, 2.75) is 82.9 Å². The fourth-order valence-corrected chi connectivity index (χ4v) is 3.36. The van der Waals surface area contributed by atoms with Crippen LogP contribution in [0.1, 0.15) is 71.4 Å². The first-order valence-corrected chi connectivity index (χ1v) is 9.15. The summed E-state index contributed by atoms with van der Waals surface area (Å²) < 4.78 is 7.25. The van der Waals surface area contributed by atoms with Crippen LogP contribution in [0.15, 0.2) is 6.07 Å². The Bertz CT molecular complexity index is 703. The van der Waals surface area contributed by atoms with E-state index in [0.29, 0.717) is 12.2 Å². The van der Waals surface area contributed by atoms with Gasteiger partial charge in [0.05, 0.1) is 11.2 Å². The Morgan fingerprint density at radius 1 is 1.35 bits per heavy atom. The SMILES string of the molecule is CC1(NC(=O)O[C@@H]2CC[C@H](c3cc(NC(=O)O)n(C(C)(C)C)n3)C2)CC1. The van der Waals surface area contributed by atoms with Crippen molar-refractivity contribution in [3.8, 4) is 0 Å². The first-order valence-electron chi connectivity index (χ1n) is 9.15. The van der Waals surface area contributed by atoms with Gasteiger partial charge in [0.15, 0.2) is 0 Å². The molecule has 1 aromatic heterocycles. The summed E-state index contributed by atoms with van der Waals surface area (Å²) >= 11 is 0. The Morgan fingerprint density at radius 2 is 2.04 bits per heavy atom. The fraction of sp³-hybridized carbons (Fsp3) is 0.722. The van der Waals surface area contributed by atoms with Crippen LogP contribution < -0.4 is 10.6 Å². The molecule has 0 unspecified atom stereocenters. The van der Waals surface area contributed by atoms with E-state index in [1.54, 1.807) is 10.7 Å². The van der Waals surface area contributed by atoms with Gasteiger partial charge in [0, 0.05) is 17.5 Å². The molecule has 3 rings (SSSR count). The van der Waals surface area contributed by atoms with Gasteiger partial charge in [0.2, 0.25) is 0 Å². The zero-order valence-electron chi connectivity index (χ0n) is 15.8. The van der Waals surface area contributed by atoms with Crippen molar-refractivity contribution >= 4 is 18.0 Å². The normalized spacial score (nSPS) is 24.2. The summed E-state index contributed by atoms with van der Waals surface area (Å²) in [5.41, 5.74) is 0.409. The van der Waals surface area contributed by atoms with Crippen LogP contribution >= 0.6 is 0 Å². The van der Waals surface area contributed by atoms with Gasteiger partial charge in [-0.15, -0.1) is 0 Å². The highest BCUT2D eigenvalue weighted by Crippen LogP contribution is 2.38. The Kier molecular flexibility index (Phi) is 4.62. The number of nitrogens with zero attached hydrogens (tertiary/aromatic N) is 2. The van der Waals surface area contributed by atoms with Crippen LogP contribution in [0.5, 0.6) is 0 Å². The van der Waals surface area contributed by atoms with E-state index >= 15 is 0 Å². The van der Waals surface area contributed by atoms with Gasteiger partial charge in [-0.25, -0.2) is 14.3 Å². The Balaban J connectivity index is 1.65. The summed E-state index contributed by atoms with van der Waals surface area (Å²) in [4.78, 5) is 23.0. The third-order valence-electron chi connectivity index (χ3n) is 5.08. The summed E-state index contributed by atoms with van der Waals surface area (Å²) in [5, 5.41) is 19.0. The van der Waals surface area contributed by atoms with Crippen molar-refractivity contribution in [2.24, 2.45) is 0 Å². The van der Waals surface area contributed by atoms with Gasteiger partial charge < -0.3 is 15.2 Å². The van der Waals surface area contributed by atoms with E-state index in [-0.39, 0.29) is 29.2 Å². The van der Waals surface area contributed by atoms with Gasteiger partial charge in [0.1, 0.15) is 11.9 Å². The van der Waals surface area contributed by atoms with Gasteiger partial charge in [-0.1, -0.05) is 0 Å². The number of amides is 2. The van der Waals surface area contributed by atoms with Crippen molar-refractivity contribution in [3.05, 3.63) is 11.8 Å². The van der Waals surface area contributed by atoms with Crippen molar-refractivity contribution in [1.29, 1.82) is 0 Å². The van der Waals surface area contributed by atoms with Crippen molar-refractivity contribution < 1.29 is 19.4 Å². The molecule has 8 nitrogen and oxygen atoms in total. The predicted molar refractivity (Wildman–Crippen MR) is 96.5 cm³/mol. The maximum absolute atomic E-state index is 12.0. The Labute approximate surface area is 153 Å². The molecule has 0 spiro atoms. The second-order valence-corrected chi connectivity index (χ2v) is 8.69. The van der Waals surface area contributed by atoms with Crippen LogP contribution in [0.3, 0.4) is 0 Å². The highest BCUT2D eigenvalue weighted by Gasteiger charge is 2.40. The molecule has 2 aliphatic carbocycles.